The van der Waals surface area contributed by atoms with Crippen LogP contribution in [0.5, 0.6) is 23.0 Å². The zero-order chi connectivity index (χ0) is 18.5. The monoisotopic (exact) mass is 360 g/mol. The van der Waals surface area contributed by atoms with Crippen LogP contribution in [-0.2, 0) is 6.61 Å². The Morgan fingerprint density at radius 2 is 1.65 bits per heavy atom. The van der Waals surface area contributed by atoms with Crippen molar-refractivity contribution in [1.82, 2.24) is 10.1 Å². The average Bonchev–Trinajstić information content (AvgIpc) is 3.15. The van der Waals surface area contributed by atoms with E-state index in [1.165, 1.54) is 45.6 Å². The van der Waals surface area contributed by atoms with Crippen LogP contribution in [0.2, 0.25) is 0 Å². The van der Waals surface area contributed by atoms with Gasteiger partial charge in [0.2, 0.25) is 11.6 Å². The molecule has 0 aliphatic carbocycles. The summed E-state index contributed by atoms with van der Waals surface area (Å²) >= 11 is 0. The summed E-state index contributed by atoms with van der Waals surface area (Å²) in [6.45, 7) is 0.0498. The molecule has 0 radical (unpaired) electrons. The first-order valence-electron chi connectivity index (χ1n) is 7.66. The van der Waals surface area contributed by atoms with E-state index in [1.807, 2.05) is 0 Å². The number of methoxy groups -OCH3 is 3. The van der Waals surface area contributed by atoms with Gasteiger partial charge in [-0.25, -0.2) is 4.39 Å². The molecule has 1 aromatic heterocycles. The average molecular weight is 360 g/mol. The van der Waals surface area contributed by atoms with Gasteiger partial charge < -0.3 is 23.5 Å². The van der Waals surface area contributed by atoms with Crippen molar-refractivity contribution >= 4 is 0 Å². The molecule has 3 rings (SSSR count). The standard InChI is InChI=1S/C18H17FN2O5/c1-22-14-9-8-13(16(23-2)17(14)24-3)18-20-15(26-21-18)10-25-12-6-4-11(19)5-7-12/h4-9H,10H2,1-3H3. The Morgan fingerprint density at radius 3 is 2.31 bits per heavy atom. The largest absolute Gasteiger partial charge is 0.493 e. The highest BCUT2D eigenvalue weighted by Gasteiger charge is 2.20. The minimum atomic E-state index is -0.335. The Balaban J connectivity index is 1.82. The third-order valence-electron chi connectivity index (χ3n) is 3.59. The summed E-state index contributed by atoms with van der Waals surface area (Å²) < 4.78 is 39.6. The normalized spacial score (nSPS) is 10.5. The molecule has 2 aromatic carbocycles. The van der Waals surface area contributed by atoms with Gasteiger partial charge >= 0.3 is 0 Å². The highest BCUT2D eigenvalue weighted by molar-refractivity contribution is 5.71. The molecule has 0 atom stereocenters. The molecule has 26 heavy (non-hydrogen) atoms. The summed E-state index contributed by atoms with van der Waals surface area (Å²) in [6.07, 6.45) is 0. The van der Waals surface area contributed by atoms with E-state index in [1.54, 1.807) is 12.1 Å². The first kappa shape index (κ1) is 17.5. The number of benzene rings is 2. The van der Waals surface area contributed by atoms with Gasteiger partial charge in [0.1, 0.15) is 11.6 Å². The van der Waals surface area contributed by atoms with Crippen molar-refractivity contribution < 1.29 is 27.9 Å². The molecule has 0 aliphatic rings. The maximum absolute atomic E-state index is 12.9. The number of ether oxygens (including phenoxy) is 4. The SMILES string of the molecule is COc1ccc(-c2noc(COc3ccc(F)cc3)n2)c(OC)c1OC. The van der Waals surface area contributed by atoms with Crippen molar-refractivity contribution in [3.05, 3.63) is 48.1 Å². The lowest BCUT2D eigenvalue weighted by molar-refractivity contribution is 0.242. The van der Waals surface area contributed by atoms with E-state index in [0.717, 1.165) is 0 Å². The fourth-order valence-electron chi connectivity index (χ4n) is 2.38. The van der Waals surface area contributed by atoms with E-state index in [0.29, 0.717) is 34.4 Å². The molecule has 0 unspecified atom stereocenters. The lowest BCUT2D eigenvalue weighted by Gasteiger charge is -2.13. The molecule has 136 valence electrons. The Bertz CT molecular complexity index is 880. The van der Waals surface area contributed by atoms with E-state index in [4.69, 9.17) is 23.5 Å². The molecule has 0 bridgehead atoms. The molecule has 0 fully saturated rings. The molecular formula is C18H17FN2O5. The van der Waals surface area contributed by atoms with Crippen molar-refractivity contribution in [3.8, 4) is 34.4 Å². The second-order valence-electron chi connectivity index (χ2n) is 5.14. The summed E-state index contributed by atoms with van der Waals surface area (Å²) in [7, 11) is 4.57. The van der Waals surface area contributed by atoms with E-state index in [-0.39, 0.29) is 18.3 Å². The van der Waals surface area contributed by atoms with Crippen LogP contribution in [0, 0.1) is 5.82 Å². The lowest BCUT2D eigenvalue weighted by Crippen LogP contribution is -1.98. The molecule has 3 aromatic rings. The zero-order valence-electron chi connectivity index (χ0n) is 14.5. The van der Waals surface area contributed by atoms with Gasteiger partial charge in [0, 0.05) is 0 Å². The summed E-state index contributed by atoms with van der Waals surface area (Å²) in [5, 5.41) is 3.95. The summed E-state index contributed by atoms with van der Waals surface area (Å²) in [4.78, 5) is 4.30. The lowest BCUT2D eigenvalue weighted by atomic mass is 10.1. The van der Waals surface area contributed by atoms with Crippen LogP contribution >= 0.6 is 0 Å². The molecule has 0 saturated carbocycles. The van der Waals surface area contributed by atoms with Crippen LogP contribution in [0.1, 0.15) is 5.89 Å². The maximum atomic E-state index is 12.9. The summed E-state index contributed by atoms with van der Waals surface area (Å²) in [5.41, 5.74) is 0.585. The molecule has 1 heterocycles. The Kier molecular flexibility index (Phi) is 5.21. The van der Waals surface area contributed by atoms with E-state index in [9.17, 15) is 4.39 Å². The van der Waals surface area contributed by atoms with Gasteiger partial charge in [-0.15, -0.1) is 0 Å². The second-order valence-corrected chi connectivity index (χ2v) is 5.14. The summed E-state index contributed by atoms with van der Waals surface area (Å²) in [6, 6.07) is 9.12. The fraction of sp³-hybridized carbons (Fsp3) is 0.222. The van der Waals surface area contributed by atoms with Gasteiger partial charge in [0.25, 0.3) is 5.89 Å². The molecule has 7 nitrogen and oxygen atoms in total. The first-order chi connectivity index (χ1) is 12.7. The van der Waals surface area contributed by atoms with Crippen LogP contribution in [-0.4, -0.2) is 31.5 Å². The number of hydrogen-bond acceptors (Lipinski definition) is 7. The van der Waals surface area contributed by atoms with E-state index >= 15 is 0 Å². The van der Waals surface area contributed by atoms with Gasteiger partial charge in [-0.3, -0.25) is 0 Å². The second kappa shape index (κ2) is 7.73. The Morgan fingerprint density at radius 1 is 0.923 bits per heavy atom. The van der Waals surface area contributed by atoms with Crippen LogP contribution in [0.15, 0.2) is 40.9 Å². The minimum Gasteiger partial charge on any atom is -0.493 e. The topological polar surface area (TPSA) is 75.8 Å². The van der Waals surface area contributed by atoms with E-state index < -0.39 is 0 Å². The van der Waals surface area contributed by atoms with Crippen molar-refractivity contribution in [3.63, 3.8) is 0 Å². The smallest absolute Gasteiger partial charge is 0.264 e. The van der Waals surface area contributed by atoms with Gasteiger partial charge in [-0.1, -0.05) is 5.16 Å². The van der Waals surface area contributed by atoms with Crippen LogP contribution in [0.3, 0.4) is 0 Å². The quantitative estimate of drug-likeness (QED) is 0.638. The van der Waals surface area contributed by atoms with Gasteiger partial charge in [-0.2, -0.15) is 4.98 Å². The zero-order valence-corrected chi connectivity index (χ0v) is 14.5. The number of nitrogens with zero attached hydrogens (tertiary/aromatic N) is 2. The first-order valence-corrected chi connectivity index (χ1v) is 7.66. The van der Waals surface area contributed by atoms with Crippen LogP contribution in [0.25, 0.3) is 11.4 Å². The van der Waals surface area contributed by atoms with Gasteiger partial charge in [0.15, 0.2) is 18.1 Å². The number of rotatable bonds is 7. The number of hydrogen-bond donors (Lipinski definition) is 0. The van der Waals surface area contributed by atoms with Crippen molar-refractivity contribution in [1.29, 1.82) is 0 Å². The third-order valence-corrected chi connectivity index (χ3v) is 3.59. The van der Waals surface area contributed by atoms with E-state index in [2.05, 4.69) is 10.1 Å². The van der Waals surface area contributed by atoms with Crippen molar-refractivity contribution in [2.75, 3.05) is 21.3 Å². The van der Waals surface area contributed by atoms with Crippen LogP contribution in [0.4, 0.5) is 4.39 Å². The fourth-order valence-corrected chi connectivity index (χ4v) is 2.38. The molecule has 0 N–H and O–H groups in total. The Hall–Kier alpha value is -3.29. The highest BCUT2D eigenvalue weighted by Crippen LogP contribution is 2.43. The van der Waals surface area contributed by atoms with Gasteiger partial charge in [0.05, 0.1) is 26.9 Å². The van der Waals surface area contributed by atoms with Crippen molar-refractivity contribution in [2.45, 2.75) is 6.61 Å². The predicted octanol–water partition coefficient (Wildman–Crippen LogP) is 3.48. The van der Waals surface area contributed by atoms with Gasteiger partial charge in [-0.05, 0) is 36.4 Å². The molecule has 0 spiro atoms. The maximum Gasteiger partial charge on any atom is 0.264 e. The molecule has 8 heteroatoms. The Labute approximate surface area is 149 Å². The summed E-state index contributed by atoms with van der Waals surface area (Å²) in [5.74, 6) is 2.13. The number of halogens is 1. The molecular weight excluding hydrogens is 343 g/mol. The minimum absolute atomic E-state index is 0.0498. The third kappa shape index (κ3) is 3.53. The number of aromatic nitrogens is 2. The van der Waals surface area contributed by atoms with Crippen molar-refractivity contribution in [2.24, 2.45) is 0 Å². The predicted molar refractivity (Wildman–Crippen MR) is 90.1 cm³/mol. The molecule has 0 amide bonds. The molecule has 0 saturated heterocycles. The molecule has 0 aliphatic heterocycles. The van der Waals surface area contributed by atoms with Crippen LogP contribution < -0.4 is 18.9 Å². The highest BCUT2D eigenvalue weighted by atomic mass is 19.1.